The number of anilines is 1. The number of nitrogens with zero attached hydrogens (tertiary/aromatic N) is 2. The molecule has 1 aliphatic rings. The Kier molecular flexibility index (Phi) is 6.60. The van der Waals surface area contributed by atoms with Crippen LogP contribution in [0.5, 0.6) is 5.75 Å². The van der Waals surface area contributed by atoms with Gasteiger partial charge in [-0.15, -0.1) is 0 Å². The van der Waals surface area contributed by atoms with Crippen LogP contribution in [0.25, 0.3) is 0 Å². The van der Waals surface area contributed by atoms with Crippen LogP contribution in [0.15, 0.2) is 48.5 Å². The average molecular weight is 385 g/mol. The Labute approximate surface area is 163 Å². The van der Waals surface area contributed by atoms with Crippen molar-refractivity contribution in [1.82, 2.24) is 9.80 Å². The van der Waals surface area contributed by atoms with Crippen LogP contribution in [0.3, 0.4) is 0 Å². The lowest BCUT2D eigenvalue weighted by Gasteiger charge is -2.34. The maximum absolute atomic E-state index is 13.1. The van der Waals surface area contributed by atoms with E-state index in [9.17, 15) is 14.0 Å². The second-order valence-corrected chi connectivity index (χ2v) is 6.82. The Hall–Kier alpha value is -2.93. The monoisotopic (exact) mass is 385 g/mol. The highest BCUT2D eigenvalue weighted by Gasteiger charge is 2.22. The van der Waals surface area contributed by atoms with Crippen LogP contribution in [0, 0.1) is 12.7 Å². The van der Waals surface area contributed by atoms with Crippen LogP contribution in [0.2, 0.25) is 0 Å². The fourth-order valence-corrected chi connectivity index (χ4v) is 2.99. The van der Waals surface area contributed by atoms with E-state index >= 15 is 0 Å². The van der Waals surface area contributed by atoms with Gasteiger partial charge in [0, 0.05) is 37.9 Å². The molecule has 0 spiro atoms. The summed E-state index contributed by atoms with van der Waals surface area (Å²) >= 11 is 0. The zero-order chi connectivity index (χ0) is 19.9. The Morgan fingerprint density at radius 2 is 1.79 bits per heavy atom. The van der Waals surface area contributed by atoms with E-state index in [0.717, 1.165) is 11.3 Å². The summed E-state index contributed by atoms with van der Waals surface area (Å²) in [4.78, 5) is 28.2. The second-order valence-electron chi connectivity index (χ2n) is 6.82. The topological polar surface area (TPSA) is 61.9 Å². The van der Waals surface area contributed by atoms with Crippen LogP contribution in [0.4, 0.5) is 10.1 Å². The molecule has 2 aromatic carbocycles. The predicted molar refractivity (Wildman–Crippen MR) is 105 cm³/mol. The number of hydrogen-bond acceptors (Lipinski definition) is 4. The Balaban J connectivity index is 1.39. The average Bonchev–Trinajstić information content (AvgIpc) is 2.68. The van der Waals surface area contributed by atoms with Crippen LogP contribution in [-0.4, -0.2) is 60.9 Å². The van der Waals surface area contributed by atoms with Gasteiger partial charge in [0.1, 0.15) is 11.6 Å². The molecular formula is C21H24FN3O3. The zero-order valence-corrected chi connectivity index (χ0v) is 15.9. The molecule has 1 saturated heterocycles. The van der Waals surface area contributed by atoms with Crippen molar-refractivity contribution in [3.63, 3.8) is 0 Å². The van der Waals surface area contributed by atoms with Crippen molar-refractivity contribution in [2.45, 2.75) is 6.92 Å². The van der Waals surface area contributed by atoms with Gasteiger partial charge in [-0.2, -0.15) is 0 Å². The van der Waals surface area contributed by atoms with Crippen molar-refractivity contribution in [2.24, 2.45) is 0 Å². The molecule has 28 heavy (non-hydrogen) atoms. The summed E-state index contributed by atoms with van der Waals surface area (Å²) in [5, 5.41) is 2.88. The minimum Gasteiger partial charge on any atom is -0.484 e. The smallest absolute Gasteiger partial charge is 0.260 e. The summed E-state index contributed by atoms with van der Waals surface area (Å²) in [6.07, 6.45) is 0. The summed E-state index contributed by atoms with van der Waals surface area (Å²) in [6, 6.07) is 13.4. The lowest BCUT2D eigenvalue weighted by molar-refractivity contribution is -0.135. The normalized spacial score (nSPS) is 14.6. The first kappa shape index (κ1) is 19.8. The van der Waals surface area contributed by atoms with Gasteiger partial charge in [0.05, 0.1) is 6.54 Å². The third-order valence-electron chi connectivity index (χ3n) is 4.59. The first-order valence-electron chi connectivity index (χ1n) is 9.24. The van der Waals surface area contributed by atoms with Gasteiger partial charge in [-0.05, 0) is 31.2 Å². The first-order chi connectivity index (χ1) is 13.5. The van der Waals surface area contributed by atoms with Gasteiger partial charge in [-0.3, -0.25) is 14.5 Å². The van der Waals surface area contributed by atoms with Crippen LogP contribution in [-0.2, 0) is 9.59 Å². The Morgan fingerprint density at radius 3 is 2.46 bits per heavy atom. The first-order valence-corrected chi connectivity index (χ1v) is 9.24. The number of rotatable bonds is 6. The molecule has 7 heteroatoms. The van der Waals surface area contributed by atoms with E-state index in [4.69, 9.17) is 4.74 Å². The predicted octanol–water partition coefficient (Wildman–Crippen LogP) is 2.30. The molecule has 6 nitrogen and oxygen atoms in total. The van der Waals surface area contributed by atoms with Crippen LogP contribution < -0.4 is 10.1 Å². The zero-order valence-electron chi connectivity index (χ0n) is 15.9. The number of nitrogens with one attached hydrogen (secondary N) is 1. The number of hydrogen-bond donors (Lipinski definition) is 1. The molecule has 1 aliphatic heterocycles. The van der Waals surface area contributed by atoms with Crippen LogP contribution in [0.1, 0.15) is 5.56 Å². The highest BCUT2D eigenvalue weighted by Crippen LogP contribution is 2.13. The highest BCUT2D eigenvalue weighted by atomic mass is 19.1. The SMILES string of the molecule is Cc1ccc(NC(=O)CN2CCN(C(=O)COc3cccc(F)c3)CC2)cc1. The number of ether oxygens (including phenoxy) is 1. The van der Waals surface area contributed by atoms with Crippen LogP contribution >= 0.6 is 0 Å². The summed E-state index contributed by atoms with van der Waals surface area (Å²) < 4.78 is 18.5. The number of piperazine rings is 1. The molecule has 0 radical (unpaired) electrons. The van der Waals surface area contributed by atoms with E-state index in [1.807, 2.05) is 36.1 Å². The van der Waals surface area contributed by atoms with Gasteiger partial charge < -0.3 is 15.0 Å². The van der Waals surface area contributed by atoms with Crippen molar-refractivity contribution in [3.8, 4) is 5.75 Å². The molecule has 2 amide bonds. The van der Waals surface area contributed by atoms with Gasteiger partial charge in [0.2, 0.25) is 5.91 Å². The molecule has 3 rings (SSSR count). The summed E-state index contributed by atoms with van der Waals surface area (Å²) in [5.74, 6) is -0.284. The van der Waals surface area contributed by atoms with E-state index in [0.29, 0.717) is 31.9 Å². The molecule has 1 fully saturated rings. The fraction of sp³-hybridized carbons (Fsp3) is 0.333. The molecule has 0 aromatic heterocycles. The Bertz CT molecular complexity index is 818. The van der Waals surface area contributed by atoms with E-state index in [1.165, 1.54) is 18.2 Å². The van der Waals surface area contributed by atoms with E-state index < -0.39 is 5.82 Å². The molecule has 148 valence electrons. The van der Waals surface area contributed by atoms with Crippen molar-refractivity contribution in [2.75, 3.05) is 44.6 Å². The molecule has 0 unspecified atom stereocenters. The van der Waals surface area contributed by atoms with Crippen molar-refractivity contribution in [3.05, 3.63) is 59.9 Å². The lowest BCUT2D eigenvalue weighted by Crippen LogP contribution is -2.51. The molecular weight excluding hydrogens is 361 g/mol. The molecule has 0 saturated carbocycles. The molecule has 1 N–H and O–H groups in total. The summed E-state index contributed by atoms with van der Waals surface area (Å²) in [7, 11) is 0. The number of halogens is 1. The van der Waals surface area contributed by atoms with Crippen molar-refractivity contribution in [1.29, 1.82) is 0 Å². The summed E-state index contributed by atoms with van der Waals surface area (Å²) in [5.41, 5.74) is 1.92. The summed E-state index contributed by atoms with van der Waals surface area (Å²) in [6.45, 7) is 4.45. The number of carbonyl (C=O) groups is 2. The van der Waals surface area contributed by atoms with Gasteiger partial charge in [0.25, 0.3) is 5.91 Å². The number of aryl methyl sites for hydroxylation is 1. The van der Waals surface area contributed by atoms with Gasteiger partial charge in [0.15, 0.2) is 6.61 Å². The molecule has 2 aromatic rings. The Morgan fingerprint density at radius 1 is 1.07 bits per heavy atom. The minimum atomic E-state index is -0.400. The molecule has 0 atom stereocenters. The highest BCUT2D eigenvalue weighted by molar-refractivity contribution is 5.92. The maximum atomic E-state index is 13.1. The van der Waals surface area contributed by atoms with E-state index in [-0.39, 0.29) is 25.0 Å². The maximum Gasteiger partial charge on any atom is 0.260 e. The van der Waals surface area contributed by atoms with Gasteiger partial charge in [-0.1, -0.05) is 23.8 Å². The third kappa shape index (κ3) is 5.79. The number of benzene rings is 2. The minimum absolute atomic E-state index is 0.0712. The van der Waals surface area contributed by atoms with E-state index in [2.05, 4.69) is 5.32 Å². The fourth-order valence-electron chi connectivity index (χ4n) is 2.99. The van der Waals surface area contributed by atoms with Crippen molar-refractivity contribution >= 4 is 17.5 Å². The standard InChI is InChI=1S/C21H24FN3O3/c1-16-5-7-18(8-6-16)23-20(26)14-24-9-11-25(12-10-24)21(27)15-28-19-4-2-3-17(22)13-19/h2-8,13H,9-12,14-15H2,1H3,(H,23,26). The van der Waals surface area contributed by atoms with Crippen molar-refractivity contribution < 1.29 is 18.7 Å². The van der Waals surface area contributed by atoms with Gasteiger partial charge >= 0.3 is 0 Å². The lowest BCUT2D eigenvalue weighted by atomic mass is 10.2. The second kappa shape index (κ2) is 9.32. The largest absolute Gasteiger partial charge is 0.484 e. The number of carbonyl (C=O) groups excluding carboxylic acids is 2. The molecule has 1 heterocycles. The molecule has 0 bridgehead atoms. The molecule has 0 aliphatic carbocycles. The quantitative estimate of drug-likeness (QED) is 0.829. The third-order valence-corrected chi connectivity index (χ3v) is 4.59. The van der Waals surface area contributed by atoms with Gasteiger partial charge in [-0.25, -0.2) is 4.39 Å². The number of amides is 2. The van der Waals surface area contributed by atoms with E-state index in [1.54, 1.807) is 11.0 Å².